The van der Waals surface area contributed by atoms with Crippen molar-refractivity contribution in [3.63, 3.8) is 0 Å². The fourth-order valence-corrected chi connectivity index (χ4v) is 9.09. The van der Waals surface area contributed by atoms with Crippen molar-refractivity contribution in [2.75, 3.05) is 13.2 Å². The van der Waals surface area contributed by atoms with E-state index in [4.69, 9.17) is 14.5 Å². The number of carbonyl (C=O) groups excluding carboxylic acids is 4. The van der Waals surface area contributed by atoms with Crippen molar-refractivity contribution in [2.45, 2.75) is 108 Å². The number of ether oxygens (including phenoxy) is 2. The Morgan fingerprint density at radius 1 is 0.881 bits per heavy atom. The molecule has 1 aromatic heterocycles. The standard InChI is InChI=1S/C47H55N5O6S/c1-28(2)41-42(53)49-40-27-57-26-34-12-9-8-11-33(34)24-47(6,7)59-36-14-10-13-32(22-36)35-23-39(51-52(25-35)43(40)54)44(55)58-29(3)37-18-17-31-16-15-30(21-38(31)48-37)19-20-46(4,5)45(56)50-41/h8-22,28-29,35,39-41,51H,23-27H2,1-7H3,(H,49,53)(H,50,56). The fourth-order valence-electron chi connectivity index (χ4n) is 7.88. The Balaban J connectivity index is 1.31. The van der Waals surface area contributed by atoms with E-state index in [1.807, 2.05) is 80.6 Å². The maximum atomic E-state index is 14.8. The number of amides is 3. The molecule has 3 amide bonds. The summed E-state index contributed by atoms with van der Waals surface area (Å²) in [6.07, 6.45) is 4.10. The highest BCUT2D eigenvalue weighted by Crippen LogP contribution is 2.38. The van der Waals surface area contributed by atoms with Crippen LogP contribution in [-0.2, 0) is 41.7 Å². The molecule has 5 atom stereocenters. The number of hydrogen-bond donors (Lipinski definition) is 3. The number of cyclic esters (lactones) is 1. The number of fused-ring (bicyclic) bond motifs is 9. The van der Waals surface area contributed by atoms with Gasteiger partial charge in [-0.1, -0.05) is 94.4 Å². The van der Waals surface area contributed by atoms with E-state index >= 15 is 0 Å². The molecule has 310 valence electrons. The summed E-state index contributed by atoms with van der Waals surface area (Å²) in [6.45, 7) is 13.8. The molecule has 0 radical (unpaired) electrons. The lowest BCUT2D eigenvalue weighted by Crippen LogP contribution is -2.63. The molecule has 3 N–H and O–H groups in total. The third kappa shape index (κ3) is 9.88. The number of benzene rings is 3. The van der Waals surface area contributed by atoms with Crippen LogP contribution in [0.25, 0.3) is 17.0 Å². The van der Waals surface area contributed by atoms with Crippen molar-refractivity contribution in [1.29, 1.82) is 0 Å². The molecule has 59 heavy (non-hydrogen) atoms. The van der Waals surface area contributed by atoms with Crippen LogP contribution < -0.4 is 16.1 Å². The Kier molecular flexibility index (Phi) is 12.3. The van der Waals surface area contributed by atoms with Gasteiger partial charge in [-0.15, -0.1) is 11.8 Å². The highest BCUT2D eigenvalue weighted by atomic mass is 32.2. The number of rotatable bonds is 1. The molecule has 4 heterocycles. The maximum Gasteiger partial charge on any atom is 0.325 e. The van der Waals surface area contributed by atoms with Crippen LogP contribution in [0.2, 0.25) is 0 Å². The van der Waals surface area contributed by atoms with E-state index in [0.29, 0.717) is 17.6 Å². The van der Waals surface area contributed by atoms with Crippen LogP contribution in [0.4, 0.5) is 0 Å². The van der Waals surface area contributed by atoms with Crippen molar-refractivity contribution in [3.8, 4) is 0 Å². The van der Waals surface area contributed by atoms with Gasteiger partial charge in [0.15, 0.2) is 0 Å². The lowest BCUT2D eigenvalue weighted by Gasteiger charge is -2.40. The summed E-state index contributed by atoms with van der Waals surface area (Å²) in [5.74, 6) is -2.43. The van der Waals surface area contributed by atoms with Gasteiger partial charge in [-0.2, -0.15) is 0 Å². The lowest BCUT2D eigenvalue weighted by molar-refractivity contribution is -0.158. The number of carbonyl (C=O) groups is 4. The molecule has 1 fully saturated rings. The van der Waals surface area contributed by atoms with E-state index in [-0.39, 0.29) is 42.2 Å². The van der Waals surface area contributed by atoms with Crippen molar-refractivity contribution in [2.24, 2.45) is 11.3 Å². The van der Waals surface area contributed by atoms with Crippen LogP contribution in [-0.4, -0.2) is 69.7 Å². The van der Waals surface area contributed by atoms with Crippen LogP contribution in [0.1, 0.15) is 94.9 Å². The Hall–Kier alpha value is -5.04. The second-order valence-corrected chi connectivity index (χ2v) is 19.3. The summed E-state index contributed by atoms with van der Waals surface area (Å²) in [6, 6.07) is 23.0. The monoisotopic (exact) mass is 817 g/mol. The summed E-state index contributed by atoms with van der Waals surface area (Å²) < 4.78 is 12.2. The van der Waals surface area contributed by atoms with Gasteiger partial charge < -0.3 is 20.1 Å². The molecule has 3 aromatic carbocycles. The normalized spacial score (nSPS) is 25.4. The molecule has 1 saturated heterocycles. The Bertz CT molecular complexity index is 2270. The minimum Gasteiger partial charge on any atom is -0.455 e. The van der Waals surface area contributed by atoms with E-state index < -0.39 is 47.4 Å². The van der Waals surface area contributed by atoms with Crippen molar-refractivity contribution in [1.82, 2.24) is 26.1 Å². The highest BCUT2D eigenvalue weighted by Gasteiger charge is 2.40. The summed E-state index contributed by atoms with van der Waals surface area (Å²) >= 11 is 1.79. The summed E-state index contributed by atoms with van der Waals surface area (Å²) in [5, 5.41) is 8.27. The molecule has 0 aliphatic carbocycles. The molecular weight excluding hydrogens is 763 g/mol. The molecule has 0 spiro atoms. The lowest BCUT2D eigenvalue weighted by atomic mass is 9.89. The molecular formula is C47H55N5O6S. The molecule has 9 bridgehead atoms. The van der Waals surface area contributed by atoms with Gasteiger partial charge in [0.1, 0.15) is 24.2 Å². The molecule has 12 heteroatoms. The summed E-state index contributed by atoms with van der Waals surface area (Å²) in [7, 11) is 0. The number of hydrazine groups is 1. The number of esters is 1. The molecule has 3 aliphatic heterocycles. The zero-order chi connectivity index (χ0) is 42.1. The van der Waals surface area contributed by atoms with Gasteiger partial charge in [0, 0.05) is 27.5 Å². The zero-order valence-electron chi connectivity index (χ0n) is 34.9. The second kappa shape index (κ2) is 17.3. The first-order valence-corrected chi connectivity index (χ1v) is 21.3. The number of nitrogens with zero attached hydrogens (tertiary/aromatic N) is 2. The Labute approximate surface area is 351 Å². The number of pyridine rings is 1. The van der Waals surface area contributed by atoms with Gasteiger partial charge in [-0.05, 0) is 86.1 Å². The Morgan fingerprint density at radius 2 is 1.64 bits per heavy atom. The van der Waals surface area contributed by atoms with Crippen LogP contribution >= 0.6 is 11.8 Å². The number of thioether (sulfide) groups is 1. The average Bonchev–Trinajstić information content (AvgIpc) is 3.20. The third-order valence-electron chi connectivity index (χ3n) is 11.4. The molecule has 7 rings (SSSR count). The van der Waals surface area contributed by atoms with E-state index in [2.05, 4.69) is 48.1 Å². The SMILES string of the molecule is CC1OC(=O)C2CC3CN(N2)C(=O)C(COCc2ccccc2CC(C)(C)Sc2cccc3c2)NC(=O)C(C(C)C)NC(=O)C(C)(C)C=Cc2ccc3ccc1nc3c2. The topological polar surface area (TPSA) is 139 Å². The predicted octanol–water partition coefficient (Wildman–Crippen LogP) is 7.05. The minimum absolute atomic E-state index is 0.152. The van der Waals surface area contributed by atoms with Crippen LogP contribution in [0.3, 0.4) is 0 Å². The third-order valence-corrected chi connectivity index (χ3v) is 12.5. The highest BCUT2D eigenvalue weighted by molar-refractivity contribution is 8.00. The molecule has 4 aromatic rings. The first-order valence-electron chi connectivity index (χ1n) is 20.5. The van der Waals surface area contributed by atoms with Crippen molar-refractivity contribution in [3.05, 3.63) is 113 Å². The maximum absolute atomic E-state index is 14.8. The zero-order valence-corrected chi connectivity index (χ0v) is 35.7. The number of nitrogens with one attached hydrogen (secondary N) is 3. The van der Waals surface area contributed by atoms with Gasteiger partial charge >= 0.3 is 5.97 Å². The first kappa shape index (κ1) is 42.1. The van der Waals surface area contributed by atoms with Crippen LogP contribution in [0.5, 0.6) is 0 Å². The molecule has 0 saturated carbocycles. The van der Waals surface area contributed by atoms with Gasteiger partial charge in [0.05, 0.1) is 29.8 Å². The number of hydrogen-bond acceptors (Lipinski definition) is 9. The van der Waals surface area contributed by atoms with E-state index in [9.17, 15) is 19.2 Å². The van der Waals surface area contributed by atoms with E-state index in [1.165, 1.54) is 5.01 Å². The Morgan fingerprint density at radius 3 is 2.42 bits per heavy atom. The second-order valence-electron chi connectivity index (χ2n) is 17.5. The van der Waals surface area contributed by atoms with Crippen LogP contribution in [0.15, 0.2) is 89.8 Å². The minimum atomic E-state index is -1.16. The smallest absolute Gasteiger partial charge is 0.325 e. The van der Waals surface area contributed by atoms with Crippen molar-refractivity contribution >= 4 is 52.4 Å². The molecule has 3 aliphatic rings. The van der Waals surface area contributed by atoms with Gasteiger partial charge in [-0.25, -0.2) is 10.4 Å². The van der Waals surface area contributed by atoms with E-state index in [1.54, 1.807) is 38.6 Å². The summed E-state index contributed by atoms with van der Waals surface area (Å²) in [4.78, 5) is 63.1. The van der Waals surface area contributed by atoms with Gasteiger partial charge in [0.25, 0.3) is 5.91 Å². The van der Waals surface area contributed by atoms with Crippen LogP contribution in [0, 0.1) is 11.3 Å². The predicted molar refractivity (Wildman–Crippen MR) is 230 cm³/mol. The summed E-state index contributed by atoms with van der Waals surface area (Å²) in [5.41, 5.74) is 7.40. The first-order chi connectivity index (χ1) is 28.0. The van der Waals surface area contributed by atoms with Gasteiger partial charge in [0.2, 0.25) is 11.8 Å². The number of aromatic nitrogens is 1. The van der Waals surface area contributed by atoms with Crippen molar-refractivity contribution < 1.29 is 28.7 Å². The van der Waals surface area contributed by atoms with Gasteiger partial charge in [-0.3, -0.25) is 24.2 Å². The van der Waals surface area contributed by atoms with E-state index in [0.717, 1.165) is 39.0 Å². The average molecular weight is 818 g/mol. The molecule has 11 nitrogen and oxygen atoms in total. The molecule has 5 unspecified atom stereocenters. The largest absolute Gasteiger partial charge is 0.455 e. The fraction of sp³-hybridized carbons (Fsp3) is 0.426. The quantitative estimate of drug-likeness (QED) is 0.173.